The fourth-order valence-electron chi connectivity index (χ4n) is 4.03. The first-order valence-corrected chi connectivity index (χ1v) is 7.14. The van der Waals surface area contributed by atoms with Gasteiger partial charge in [-0.1, -0.05) is 11.4 Å². The first-order valence-electron chi connectivity index (χ1n) is 7.14. The number of imidazole rings is 1. The van der Waals surface area contributed by atoms with Crippen LogP contribution >= 0.6 is 0 Å². The summed E-state index contributed by atoms with van der Waals surface area (Å²) in [7, 11) is 4.08. The van der Waals surface area contributed by atoms with Crippen molar-refractivity contribution >= 4 is 17.0 Å². The van der Waals surface area contributed by atoms with Gasteiger partial charge in [-0.15, -0.1) is 0 Å². The van der Waals surface area contributed by atoms with Gasteiger partial charge in [-0.2, -0.15) is 4.98 Å². The van der Waals surface area contributed by atoms with E-state index in [0.717, 1.165) is 28.8 Å². The highest BCUT2D eigenvalue weighted by Gasteiger charge is 2.40. The molecule has 2 aliphatic rings. The summed E-state index contributed by atoms with van der Waals surface area (Å²) in [6.45, 7) is 0. The molecular formula is C14H20N5+. The molecule has 100 valence electrons. The van der Waals surface area contributed by atoms with Gasteiger partial charge in [0.05, 0.1) is 14.1 Å². The SMILES string of the molecule is Cn1c[n+](C)c2ncnc(NC3C[C@H]4CC[C@@H]3C4)c21. The predicted octanol–water partition coefficient (Wildman–Crippen LogP) is 1.39. The summed E-state index contributed by atoms with van der Waals surface area (Å²) in [6, 6.07) is 0.608. The molecule has 5 nitrogen and oxygen atoms in total. The Bertz CT molecular complexity index is 632. The zero-order valence-corrected chi connectivity index (χ0v) is 11.5. The minimum atomic E-state index is 0.608. The maximum absolute atomic E-state index is 4.47. The van der Waals surface area contributed by atoms with Crippen molar-refractivity contribution in [1.29, 1.82) is 0 Å². The molecule has 2 saturated carbocycles. The highest BCUT2D eigenvalue weighted by molar-refractivity contribution is 5.80. The molecule has 0 amide bonds. The second-order valence-corrected chi connectivity index (χ2v) is 6.16. The van der Waals surface area contributed by atoms with Gasteiger partial charge in [0.25, 0.3) is 0 Å². The zero-order chi connectivity index (χ0) is 13.0. The van der Waals surface area contributed by atoms with E-state index in [1.165, 1.54) is 25.7 Å². The summed E-state index contributed by atoms with van der Waals surface area (Å²) >= 11 is 0. The molecule has 0 aliphatic heterocycles. The lowest BCUT2D eigenvalue weighted by atomic mass is 9.95. The molecule has 4 rings (SSSR count). The molecule has 0 saturated heterocycles. The van der Waals surface area contributed by atoms with Crippen LogP contribution in [0, 0.1) is 11.8 Å². The Morgan fingerprint density at radius 2 is 2.21 bits per heavy atom. The molecule has 2 heterocycles. The molecule has 0 spiro atoms. The van der Waals surface area contributed by atoms with Crippen molar-refractivity contribution in [2.75, 3.05) is 5.32 Å². The van der Waals surface area contributed by atoms with Gasteiger partial charge < -0.3 is 5.32 Å². The second-order valence-electron chi connectivity index (χ2n) is 6.16. The molecule has 5 heteroatoms. The van der Waals surface area contributed by atoms with Crippen LogP contribution in [0.3, 0.4) is 0 Å². The summed E-state index contributed by atoms with van der Waals surface area (Å²) in [5, 5.41) is 3.68. The number of hydrogen-bond acceptors (Lipinski definition) is 3. The molecule has 19 heavy (non-hydrogen) atoms. The van der Waals surface area contributed by atoms with Gasteiger partial charge >= 0.3 is 5.65 Å². The van der Waals surface area contributed by atoms with Crippen LogP contribution in [0.5, 0.6) is 0 Å². The van der Waals surface area contributed by atoms with Crippen LogP contribution in [0.4, 0.5) is 5.82 Å². The van der Waals surface area contributed by atoms with Crippen LogP contribution in [0.25, 0.3) is 11.2 Å². The Morgan fingerprint density at radius 1 is 1.32 bits per heavy atom. The number of aromatic nitrogens is 4. The van der Waals surface area contributed by atoms with Gasteiger partial charge in [0.2, 0.25) is 5.52 Å². The molecule has 1 unspecified atom stereocenters. The Kier molecular flexibility index (Phi) is 2.31. The maximum Gasteiger partial charge on any atom is 0.307 e. The van der Waals surface area contributed by atoms with Crippen molar-refractivity contribution in [3.8, 4) is 0 Å². The van der Waals surface area contributed by atoms with Gasteiger partial charge in [-0.05, 0) is 31.1 Å². The summed E-state index contributed by atoms with van der Waals surface area (Å²) < 4.78 is 4.15. The average Bonchev–Trinajstić information content (AvgIpc) is 3.06. The lowest BCUT2D eigenvalue weighted by Crippen LogP contribution is -2.28. The topological polar surface area (TPSA) is 46.6 Å². The Labute approximate surface area is 112 Å². The van der Waals surface area contributed by atoms with E-state index in [1.54, 1.807) is 6.33 Å². The maximum atomic E-state index is 4.47. The van der Waals surface area contributed by atoms with Crippen LogP contribution in [0.2, 0.25) is 0 Å². The number of nitrogens with zero attached hydrogens (tertiary/aromatic N) is 4. The second kappa shape index (κ2) is 3.92. The van der Waals surface area contributed by atoms with Gasteiger partial charge in [-0.3, -0.25) is 4.57 Å². The predicted molar refractivity (Wildman–Crippen MR) is 72.5 cm³/mol. The molecule has 2 fully saturated rings. The normalized spacial score (nSPS) is 29.3. The quantitative estimate of drug-likeness (QED) is 0.828. The number of nitrogens with one attached hydrogen (secondary N) is 1. The molecule has 2 aromatic heterocycles. The summed E-state index contributed by atoms with van der Waals surface area (Å²) in [5.74, 6) is 2.79. The lowest BCUT2D eigenvalue weighted by Gasteiger charge is -2.23. The van der Waals surface area contributed by atoms with Gasteiger partial charge in [0.1, 0.15) is 0 Å². The van der Waals surface area contributed by atoms with E-state index >= 15 is 0 Å². The monoisotopic (exact) mass is 258 g/mol. The van der Waals surface area contributed by atoms with E-state index in [1.807, 2.05) is 17.9 Å². The Balaban J connectivity index is 1.71. The van der Waals surface area contributed by atoms with Crippen LogP contribution in [0.1, 0.15) is 25.7 Å². The summed E-state index contributed by atoms with van der Waals surface area (Å²) in [4.78, 5) is 8.85. The van der Waals surface area contributed by atoms with Crippen molar-refractivity contribution < 1.29 is 4.57 Å². The molecular weight excluding hydrogens is 238 g/mol. The van der Waals surface area contributed by atoms with Gasteiger partial charge in [0, 0.05) is 6.04 Å². The molecule has 2 bridgehead atoms. The summed E-state index contributed by atoms with van der Waals surface area (Å²) in [5.41, 5.74) is 2.09. The third-order valence-electron chi connectivity index (χ3n) is 4.90. The number of hydrogen-bond donors (Lipinski definition) is 1. The van der Waals surface area contributed by atoms with E-state index in [9.17, 15) is 0 Å². The van der Waals surface area contributed by atoms with Crippen LogP contribution in [-0.2, 0) is 14.1 Å². The van der Waals surface area contributed by atoms with Crippen LogP contribution in [0.15, 0.2) is 12.7 Å². The third kappa shape index (κ3) is 1.64. The van der Waals surface area contributed by atoms with Crippen molar-refractivity contribution in [2.45, 2.75) is 31.7 Å². The number of rotatable bonds is 2. The minimum absolute atomic E-state index is 0.608. The van der Waals surface area contributed by atoms with E-state index in [2.05, 4.69) is 26.9 Å². The van der Waals surface area contributed by atoms with Crippen molar-refractivity contribution in [2.24, 2.45) is 25.9 Å². The smallest absolute Gasteiger partial charge is 0.307 e. The van der Waals surface area contributed by atoms with Gasteiger partial charge in [-0.25, -0.2) is 4.57 Å². The van der Waals surface area contributed by atoms with Crippen LogP contribution in [-0.4, -0.2) is 20.6 Å². The van der Waals surface area contributed by atoms with Crippen LogP contribution < -0.4 is 9.88 Å². The van der Waals surface area contributed by atoms with E-state index < -0.39 is 0 Å². The molecule has 0 aromatic carbocycles. The van der Waals surface area contributed by atoms with E-state index in [4.69, 9.17) is 0 Å². The number of fused-ring (bicyclic) bond motifs is 3. The Morgan fingerprint density at radius 3 is 2.95 bits per heavy atom. The van der Waals surface area contributed by atoms with E-state index in [-0.39, 0.29) is 0 Å². The molecule has 0 radical (unpaired) electrons. The highest BCUT2D eigenvalue weighted by atomic mass is 15.2. The van der Waals surface area contributed by atoms with E-state index in [0.29, 0.717) is 6.04 Å². The fraction of sp³-hybridized carbons (Fsp3) is 0.643. The first-order chi connectivity index (χ1) is 9.22. The lowest BCUT2D eigenvalue weighted by molar-refractivity contribution is -0.647. The molecule has 2 aromatic rings. The van der Waals surface area contributed by atoms with Gasteiger partial charge in [0.15, 0.2) is 18.5 Å². The third-order valence-corrected chi connectivity index (χ3v) is 4.90. The zero-order valence-electron chi connectivity index (χ0n) is 11.5. The molecule has 2 aliphatic carbocycles. The van der Waals surface area contributed by atoms with Crippen molar-refractivity contribution in [3.63, 3.8) is 0 Å². The Hall–Kier alpha value is -1.65. The largest absolute Gasteiger partial charge is 0.364 e. The highest BCUT2D eigenvalue weighted by Crippen LogP contribution is 2.45. The number of aryl methyl sites for hydroxylation is 2. The van der Waals surface area contributed by atoms with Crippen molar-refractivity contribution in [3.05, 3.63) is 12.7 Å². The fourth-order valence-corrected chi connectivity index (χ4v) is 4.03. The first kappa shape index (κ1) is 11.2. The summed E-state index contributed by atoms with van der Waals surface area (Å²) in [6.07, 6.45) is 9.25. The van der Waals surface area contributed by atoms with Crippen molar-refractivity contribution in [1.82, 2.24) is 14.5 Å². The average molecular weight is 258 g/mol. The standard InChI is InChI=1S/C14H20N5/c1-18-8-19(2)14-12(18)13(15-7-16-14)17-11-6-9-3-4-10(11)5-9/h7-11H,3-6H2,1-2H3,(H,15,16,17)/q+1/t9-,10+,11?/m0/s1. The minimum Gasteiger partial charge on any atom is -0.364 e. The molecule has 3 atom stereocenters. The molecule has 1 N–H and O–H groups in total. The number of anilines is 1.